The number of rotatable bonds is 2. The van der Waals surface area contributed by atoms with Crippen LogP contribution in [0.5, 0.6) is 0 Å². The van der Waals surface area contributed by atoms with Gasteiger partial charge < -0.3 is 5.32 Å². The number of carbonyl (C=O) groups excluding carboxylic acids is 1. The summed E-state index contributed by atoms with van der Waals surface area (Å²) in [5.41, 5.74) is 3.42. The van der Waals surface area contributed by atoms with Gasteiger partial charge in [-0.05, 0) is 44.2 Å². The van der Waals surface area contributed by atoms with Crippen LogP contribution in [0.3, 0.4) is 0 Å². The number of fused-ring (bicyclic) bond motifs is 1. The average Bonchev–Trinajstić information content (AvgIpc) is 2.76. The van der Waals surface area contributed by atoms with Crippen LogP contribution >= 0.6 is 0 Å². The van der Waals surface area contributed by atoms with Crippen molar-refractivity contribution in [3.63, 3.8) is 0 Å². The van der Waals surface area contributed by atoms with Crippen LogP contribution in [0.2, 0.25) is 0 Å². The second-order valence-corrected chi connectivity index (χ2v) is 6.32. The van der Waals surface area contributed by atoms with Crippen molar-refractivity contribution >= 4 is 11.6 Å². The van der Waals surface area contributed by atoms with Crippen molar-refractivity contribution in [1.82, 2.24) is 14.7 Å². The third-order valence-electron chi connectivity index (χ3n) is 4.58. The Morgan fingerprint density at radius 2 is 2.05 bits per heavy atom. The van der Waals surface area contributed by atoms with Crippen LogP contribution in [-0.2, 0) is 0 Å². The summed E-state index contributed by atoms with van der Waals surface area (Å²) in [5.74, 6) is 0.563. The smallest absolute Gasteiger partial charge is 0.270 e. The minimum Gasteiger partial charge on any atom is -0.348 e. The molecule has 1 aliphatic rings. The van der Waals surface area contributed by atoms with Gasteiger partial charge in [0.15, 0.2) is 0 Å². The summed E-state index contributed by atoms with van der Waals surface area (Å²) < 4.78 is 1.91. The first-order chi connectivity index (χ1) is 10.1. The molecule has 2 aromatic rings. The zero-order chi connectivity index (χ0) is 15.0. The zero-order valence-electron chi connectivity index (χ0n) is 13.0. The fourth-order valence-electron chi connectivity index (χ4n) is 3.31. The summed E-state index contributed by atoms with van der Waals surface area (Å²) in [4.78, 5) is 17.2. The Kier molecular flexibility index (Phi) is 3.70. The molecular weight excluding hydrogens is 262 g/mol. The molecule has 112 valence electrons. The molecule has 4 heteroatoms. The molecule has 1 aliphatic carbocycles. The van der Waals surface area contributed by atoms with Gasteiger partial charge in [-0.3, -0.25) is 9.20 Å². The highest BCUT2D eigenvalue weighted by Gasteiger charge is 2.25. The van der Waals surface area contributed by atoms with Gasteiger partial charge in [0.2, 0.25) is 0 Å². The average molecular weight is 285 g/mol. The highest BCUT2D eigenvalue weighted by molar-refractivity contribution is 5.94. The summed E-state index contributed by atoms with van der Waals surface area (Å²) in [6.07, 6.45) is 6.76. The third kappa shape index (κ3) is 2.67. The van der Waals surface area contributed by atoms with Crippen LogP contribution in [0.1, 0.15) is 54.4 Å². The molecule has 2 unspecified atom stereocenters. The molecule has 21 heavy (non-hydrogen) atoms. The maximum Gasteiger partial charge on any atom is 0.270 e. The Balaban J connectivity index is 1.90. The molecule has 0 bridgehead atoms. The van der Waals surface area contributed by atoms with Gasteiger partial charge in [-0.1, -0.05) is 25.8 Å². The van der Waals surface area contributed by atoms with Gasteiger partial charge in [0, 0.05) is 12.2 Å². The number of pyridine rings is 1. The number of nitrogens with one attached hydrogen (secondary N) is 1. The van der Waals surface area contributed by atoms with Crippen LogP contribution < -0.4 is 5.32 Å². The number of hydrogen-bond acceptors (Lipinski definition) is 2. The second kappa shape index (κ2) is 5.51. The van der Waals surface area contributed by atoms with E-state index in [2.05, 4.69) is 17.2 Å². The molecule has 4 nitrogen and oxygen atoms in total. The Labute approximate surface area is 125 Å². The van der Waals surface area contributed by atoms with E-state index in [9.17, 15) is 4.79 Å². The number of imidazole rings is 1. The summed E-state index contributed by atoms with van der Waals surface area (Å²) in [6, 6.07) is 4.27. The summed E-state index contributed by atoms with van der Waals surface area (Å²) >= 11 is 0. The Bertz CT molecular complexity index is 674. The van der Waals surface area contributed by atoms with Gasteiger partial charge in [-0.15, -0.1) is 0 Å². The Hall–Kier alpha value is -1.84. The molecule has 2 heterocycles. The molecule has 0 aliphatic heterocycles. The van der Waals surface area contributed by atoms with Gasteiger partial charge in [0.1, 0.15) is 11.3 Å². The fourth-order valence-corrected chi connectivity index (χ4v) is 3.31. The van der Waals surface area contributed by atoms with Crippen molar-refractivity contribution in [3.8, 4) is 0 Å². The predicted octanol–water partition coefficient (Wildman–Crippen LogP) is 3.26. The molecule has 1 saturated carbocycles. The number of aromatic nitrogens is 2. The van der Waals surface area contributed by atoms with Crippen molar-refractivity contribution in [2.45, 2.75) is 52.5 Å². The molecule has 2 atom stereocenters. The van der Waals surface area contributed by atoms with E-state index in [0.717, 1.165) is 23.3 Å². The van der Waals surface area contributed by atoms with Crippen LogP contribution in [0.4, 0.5) is 0 Å². The molecule has 1 fully saturated rings. The highest BCUT2D eigenvalue weighted by Crippen LogP contribution is 2.24. The third-order valence-corrected chi connectivity index (χ3v) is 4.58. The lowest BCUT2D eigenvalue weighted by molar-refractivity contribution is 0.0903. The van der Waals surface area contributed by atoms with E-state index >= 15 is 0 Å². The predicted molar refractivity (Wildman–Crippen MR) is 83.6 cm³/mol. The monoisotopic (exact) mass is 285 g/mol. The standard InChI is InChI=1S/C17H23N3O/c1-11-8-9-15-18-13(3)16(20(15)10-11)17(21)19-14-7-5-4-6-12(14)2/h8-10,12,14H,4-7H2,1-3H3,(H,19,21). The molecule has 0 saturated heterocycles. The summed E-state index contributed by atoms with van der Waals surface area (Å²) in [6.45, 7) is 6.16. The van der Waals surface area contributed by atoms with E-state index in [1.807, 2.05) is 36.6 Å². The van der Waals surface area contributed by atoms with Gasteiger partial charge >= 0.3 is 0 Å². The summed E-state index contributed by atoms with van der Waals surface area (Å²) in [5, 5.41) is 3.22. The number of hydrogen-bond donors (Lipinski definition) is 1. The zero-order valence-corrected chi connectivity index (χ0v) is 13.0. The lowest BCUT2D eigenvalue weighted by Gasteiger charge is -2.29. The van der Waals surface area contributed by atoms with Crippen molar-refractivity contribution in [3.05, 3.63) is 35.3 Å². The first-order valence-corrected chi connectivity index (χ1v) is 7.82. The number of nitrogens with zero attached hydrogens (tertiary/aromatic N) is 2. The molecule has 1 N–H and O–H groups in total. The van der Waals surface area contributed by atoms with Crippen molar-refractivity contribution in [2.24, 2.45) is 5.92 Å². The molecule has 1 amide bonds. The van der Waals surface area contributed by atoms with Gasteiger partial charge in [-0.25, -0.2) is 4.98 Å². The fraction of sp³-hybridized carbons (Fsp3) is 0.529. The first kappa shape index (κ1) is 14.1. The topological polar surface area (TPSA) is 46.4 Å². The summed E-state index contributed by atoms with van der Waals surface area (Å²) in [7, 11) is 0. The maximum atomic E-state index is 12.7. The van der Waals surface area contributed by atoms with E-state index in [4.69, 9.17) is 0 Å². The van der Waals surface area contributed by atoms with Crippen LogP contribution in [0.15, 0.2) is 18.3 Å². The first-order valence-electron chi connectivity index (χ1n) is 7.82. The number of carbonyl (C=O) groups is 1. The highest BCUT2D eigenvalue weighted by atomic mass is 16.2. The van der Waals surface area contributed by atoms with Gasteiger partial charge in [-0.2, -0.15) is 0 Å². The van der Waals surface area contributed by atoms with Crippen molar-refractivity contribution in [2.75, 3.05) is 0 Å². The second-order valence-electron chi connectivity index (χ2n) is 6.32. The van der Waals surface area contributed by atoms with Crippen LogP contribution in [0, 0.1) is 19.8 Å². The Morgan fingerprint density at radius 1 is 1.29 bits per heavy atom. The number of aryl methyl sites for hydroxylation is 2. The molecule has 0 radical (unpaired) electrons. The minimum absolute atomic E-state index is 0.00403. The lowest BCUT2D eigenvalue weighted by atomic mass is 9.86. The van der Waals surface area contributed by atoms with E-state index in [1.54, 1.807) is 0 Å². The van der Waals surface area contributed by atoms with Crippen molar-refractivity contribution < 1.29 is 4.79 Å². The van der Waals surface area contributed by atoms with E-state index in [0.29, 0.717) is 17.7 Å². The number of amides is 1. The molecule has 0 spiro atoms. The maximum absolute atomic E-state index is 12.7. The molecular formula is C17H23N3O. The van der Waals surface area contributed by atoms with Gasteiger partial charge in [0.05, 0.1) is 5.69 Å². The Morgan fingerprint density at radius 3 is 2.81 bits per heavy atom. The molecule has 3 rings (SSSR count). The van der Waals surface area contributed by atoms with E-state index in [1.165, 1.54) is 19.3 Å². The quantitative estimate of drug-likeness (QED) is 0.920. The van der Waals surface area contributed by atoms with E-state index < -0.39 is 0 Å². The van der Waals surface area contributed by atoms with Crippen LogP contribution in [0.25, 0.3) is 5.65 Å². The SMILES string of the molecule is Cc1ccc2nc(C)c(C(=O)NC3CCCCC3C)n2c1. The van der Waals surface area contributed by atoms with Crippen LogP contribution in [-0.4, -0.2) is 21.3 Å². The normalized spacial score (nSPS) is 22.4. The lowest BCUT2D eigenvalue weighted by Crippen LogP contribution is -2.41. The molecule has 2 aromatic heterocycles. The van der Waals surface area contributed by atoms with E-state index in [-0.39, 0.29) is 5.91 Å². The van der Waals surface area contributed by atoms with Gasteiger partial charge in [0.25, 0.3) is 5.91 Å². The minimum atomic E-state index is 0.00403. The molecule has 0 aromatic carbocycles. The largest absolute Gasteiger partial charge is 0.348 e. The van der Waals surface area contributed by atoms with Crippen molar-refractivity contribution in [1.29, 1.82) is 0 Å².